The Labute approximate surface area is 168 Å². The summed E-state index contributed by atoms with van der Waals surface area (Å²) in [6, 6.07) is 5.98. The molecule has 0 saturated carbocycles. The van der Waals surface area contributed by atoms with Gasteiger partial charge < -0.3 is 25.4 Å². The Balaban J connectivity index is 0.00000312. The van der Waals surface area contributed by atoms with Gasteiger partial charge in [-0.05, 0) is 25.7 Å². The molecule has 1 fully saturated rings. The minimum absolute atomic E-state index is 0. The van der Waals surface area contributed by atoms with Gasteiger partial charge in [0.05, 0.1) is 14.2 Å². The van der Waals surface area contributed by atoms with E-state index in [0.29, 0.717) is 12.3 Å². The van der Waals surface area contributed by atoms with Crippen molar-refractivity contribution in [3.8, 4) is 11.5 Å². The number of carbonyl (C=O) groups is 1. The monoisotopic (exact) mass is 407 g/mol. The second-order valence-corrected chi connectivity index (χ2v) is 6.49. The van der Waals surface area contributed by atoms with Crippen LogP contribution < -0.4 is 25.4 Å². The van der Waals surface area contributed by atoms with Crippen molar-refractivity contribution in [1.82, 2.24) is 5.32 Å². The first-order chi connectivity index (χ1) is 11.5. The fourth-order valence-electron chi connectivity index (χ4n) is 2.91. The minimum atomic E-state index is 0. The molecule has 1 aromatic carbocycles. The van der Waals surface area contributed by atoms with Crippen LogP contribution in [0.1, 0.15) is 26.2 Å². The number of ether oxygens (including phenoxy) is 2. The van der Waals surface area contributed by atoms with Crippen molar-refractivity contribution in [1.29, 1.82) is 0 Å². The fourth-order valence-corrected chi connectivity index (χ4v) is 2.91. The van der Waals surface area contributed by atoms with Crippen LogP contribution in [-0.2, 0) is 4.79 Å². The number of carbonyl (C=O) groups excluding carboxylic acids is 1. The molecular weight excluding hydrogens is 377 g/mol. The molecule has 1 saturated heterocycles. The number of anilines is 1. The average molecular weight is 408 g/mol. The van der Waals surface area contributed by atoms with Gasteiger partial charge in [-0.15, -0.1) is 24.8 Å². The number of halogens is 2. The van der Waals surface area contributed by atoms with E-state index in [-0.39, 0.29) is 36.8 Å². The summed E-state index contributed by atoms with van der Waals surface area (Å²) >= 11 is 0. The first-order valence-corrected chi connectivity index (χ1v) is 8.52. The van der Waals surface area contributed by atoms with Gasteiger partial charge in [0, 0.05) is 56.0 Å². The molecule has 0 aromatic heterocycles. The molecule has 8 heteroatoms. The van der Waals surface area contributed by atoms with Gasteiger partial charge in [0.15, 0.2) is 0 Å². The van der Waals surface area contributed by atoms with Crippen LogP contribution in [0.5, 0.6) is 11.5 Å². The first kappa shape index (κ1) is 24.6. The van der Waals surface area contributed by atoms with Gasteiger partial charge in [-0.1, -0.05) is 0 Å². The lowest BCUT2D eigenvalue weighted by atomic mass is 10.1. The Hall–Kier alpha value is -1.37. The highest BCUT2D eigenvalue weighted by molar-refractivity contribution is 5.85. The highest BCUT2D eigenvalue weighted by Gasteiger charge is 2.24. The highest BCUT2D eigenvalue weighted by Crippen LogP contribution is 2.31. The van der Waals surface area contributed by atoms with Crippen molar-refractivity contribution in [2.24, 2.45) is 11.7 Å². The van der Waals surface area contributed by atoms with Gasteiger partial charge in [-0.2, -0.15) is 0 Å². The molecule has 150 valence electrons. The number of amides is 1. The van der Waals surface area contributed by atoms with Crippen LogP contribution in [0.4, 0.5) is 5.69 Å². The highest BCUT2D eigenvalue weighted by atomic mass is 35.5. The third-order valence-corrected chi connectivity index (χ3v) is 4.40. The number of hydrogen-bond donors (Lipinski definition) is 2. The number of methoxy groups -OCH3 is 2. The second kappa shape index (κ2) is 12.1. The van der Waals surface area contributed by atoms with E-state index in [9.17, 15) is 4.79 Å². The molecule has 1 aliphatic rings. The maximum absolute atomic E-state index is 11.8. The summed E-state index contributed by atoms with van der Waals surface area (Å²) in [5.41, 5.74) is 6.78. The number of benzene rings is 1. The van der Waals surface area contributed by atoms with E-state index in [4.69, 9.17) is 15.2 Å². The summed E-state index contributed by atoms with van der Waals surface area (Å²) in [6.07, 6.45) is 2.29. The zero-order chi connectivity index (χ0) is 17.5. The lowest BCUT2D eigenvalue weighted by Gasteiger charge is -2.20. The Bertz CT molecular complexity index is 536. The van der Waals surface area contributed by atoms with Crippen LogP contribution >= 0.6 is 24.8 Å². The van der Waals surface area contributed by atoms with Crippen molar-refractivity contribution in [2.45, 2.75) is 32.2 Å². The Morgan fingerprint density at radius 1 is 1.27 bits per heavy atom. The summed E-state index contributed by atoms with van der Waals surface area (Å²) in [5, 5.41) is 3.03. The second-order valence-electron chi connectivity index (χ2n) is 6.49. The predicted octanol–water partition coefficient (Wildman–Crippen LogP) is 2.62. The molecule has 26 heavy (non-hydrogen) atoms. The third kappa shape index (κ3) is 7.48. The normalized spacial score (nSPS) is 16.9. The molecule has 1 heterocycles. The summed E-state index contributed by atoms with van der Waals surface area (Å²) < 4.78 is 10.7. The topological polar surface area (TPSA) is 76.8 Å². The summed E-state index contributed by atoms with van der Waals surface area (Å²) in [6.45, 7) is 4.53. The van der Waals surface area contributed by atoms with Crippen molar-refractivity contribution >= 4 is 36.4 Å². The van der Waals surface area contributed by atoms with Crippen molar-refractivity contribution in [3.63, 3.8) is 0 Å². The van der Waals surface area contributed by atoms with Crippen LogP contribution in [0.15, 0.2) is 18.2 Å². The summed E-state index contributed by atoms with van der Waals surface area (Å²) in [7, 11) is 3.31. The van der Waals surface area contributed by atoms with E-state index in [1.807, 2.05) is 25.1 Å². The molecule has 1 aliphatic heterocycles. The Morgan fingerprint density at radius 3 is 2.42 bits per heavy atom. The molecular formula is C18H31Cl2N3O3. The molecule has 3 N–H and O–H groups in total. The summed E-state index contributed by atoms with van der Waals surface area (Å²) in [4.78, 5) is 14.1. The van der Waals surface area contributed by atoms with Crippen LogP contribution in [0, 0.1) is 5.92 Å². The Morgan fingerprint density at radius 2 is 1.88 bits per heavy atom. The van der Waals surface area contributed by atoms with E-state index < -0.39 is 0 Å². The lowest BCUT2D eigenvalue weighted by molar-refractivity contribution is -0.121. The number of nitrogens with one attached hydrogen (secondary N) is 1. The zero-order valence-corrected chi connectivity index (χ0v) is 17.3. The number of nitrogens with zero attached hydrogens (tertiary/aromatic N) is 1. The van der Waals surface area contributed by atoms with Crippen molar-refractivity contribution < 1.29 is 14.3 Å². The van der Waals surface area contributed by atoms with Gasteiger partial charge in [-0.25, -0.2) is 0 Å². The maximum atomic E-state index is 11.8. The van der Waals surface area contributed by atoms with E-state index in [1.54, 1.807) is 14.2 Å². The molecule has 1 amide bonds. The fraction of sp³-hybridized carbons (Fsp3) is 0.611. The molecule has 0 spiro atoms. The number of rotatable bonds is 8. The Kier molecular flexibility index (Phi) is 11.5. The SMILES string of the molecule is COc1cc(OC)cc(N2CCC(CNC(=O)CCC(C)N)C2)c1.Cl.Cl. The van der Waals surface area contributed by atoms with E-state index in [0.717, 1.165) is 49.7 Å². The molecule has 0 bridgehead atoms. The average Bonchev–Trinajstić information content (AvgIpc) is 3.06. The minimum Gasteiger partial charge on any atom is -0.497 e. The standard InChI is InChI=1S/C18H29N3O3.2ClH/c1-13(19)4-5-18(22)20-11-14-6-7-21(12-14)15-8-16(23-2)10-17(9-15)24-3;;/h8-10,13-14H,4-7,11-12,19H2,1-3H3,(H,20,22);2*1H. The summed E-state index contributed by atoms with van der Waals surface area (Å²) in [5.74, 6) is 2.13. The quantitative estimate of drug-likeness (QED) is 0.692. The molecule has 6 nitrogen and oxygen atoms in total. The predicted molar refractivity (Wildman–Crippen MR) is 110 cm³/mol. The zero-order valence-electron chi connectivity index (χ0n) is 15.7. The molecule has 2 rings (SSSR count). The van der Waals surface area contributed by atoms with Crippen LogP contribution in [0.3, 0.4) is 0 Å². The van der Waals surface area contributed by atoms with Gasteiger partial charge in [-0.3, -0.25) is 4.79 Å². The maximum Gasteiger partial charge on any atom is 0.220 e. The molecule has 2 atom stereocenters. The van der Waals surface area contributed by atoms with Crippen molar-refractivity contribution in [2.75, 3.05) is 38.8 Å². The van der Waals surface area contributed by atoms with E-state index >= 15 is 0 Å². The number of nitrogens with two attached hydrogens (primary N) is 1. The van der Waals surface area contributed by atoms with E-state index in [1.165, 1.54) is 0 Å². The van der Waals surface area contributed by atoms with Crippen molar-refractivity contribution in [3.05, 3.63) is 18.2 Å². The van der Waals surface area contributed by atoms with Gasteiger partial charge >= 0.3 is 0 Å². The third-order valence-electron chi connectivity index (χ3n) is 4.40. The molecule has 0 radical (unpaired) electrons. The molecule has 2 unspecified atom stereocenters. The molecule has 1 aromatic rings. The van der Waals surface area contributed by atoms with Crippen LogP contribution in [0.25, 0.3) is 0 Å². The smallest absolute Gasteiger partial charge is 0.220 e. The van der Waals surface area contributed by atoms with Gasteiger partial charge in [0.2, 0.25) is 5.91 Å². The van der Waals surface area contributed by atoms with Crippen LogP contribution in [-0.4, -0.2) is 45.8 Å². The largest absolute Gasteiger partial charge is 0.497 e. The van der Waals surface area contributed by atoms with E-state index in [2.05, 4.69) is 10.2 Å². The van der Waals surface area contributed by atoms with Gasteiger partial charge in [0.1, 0.15) is 11.5 Å². The lowest BCUT2D eigenvalue weighted by Crippen LogP contribution is -2.31. The molecule has 0 aliphatic carbocycles. The first-order valence-electron chi connectivity index (χ1n) is 8.52. The van der Waals surface area contributed by atoms with Gasteiger partial charge in [0.25, 0.3) is 0 Å². The van der Waals surface area contributed by atoms with Crippen LogP contribution in [0.2, 0.25) is 0 Å². The number of hydrogen-bond acceptors (Lipinski definition) is 5.